The van der Waals surface area contributed by atoms with Gasteiger partial charge in [0.2, 0.25) is 0 Å². The van der Waals surface area contributed by atoms with E-state index in [0.29, 0.717) is 6.61 Å². The van der Waals surface area contributed by atoms with E-state index in [1.54, 1.807) is 0 Å². The van der Waals surface area contributed by atoms with Gasteiger partial charge in [-0.1, -0.05) is 59.6 Å². The lowest BCUT2D eigenvalue weighted by molar-refractivity contribution is -0.137. The molecule has 1 atom stereocenters. The largest absolute Gasteiger partial charge is 0.493 e. The van der Waals surface area contributed by atoms with Crippen LogP contribution in [0.3, 0.4) is 0 Å². The summed E-state index contributed by atoms with van der Waals surface area (Å²) >= 11 is 3.48. The highest BCUT2D eigenvalue weighted by Crippen LogP contribution is 2.36. The van der Waals surface area contributed by atoms with Gasteiger partial charge in [0.05, 0.1) is 13.0 Å². The van der Waals surface area contributed by atoms with Gasteiger partial charge in [-0.15, -0.1) is 0 Å². The number of carboxylic acid groups (broad SMARTS) is 1. The third-order valence-corrected chi connectivity index (χ3v) is 4.18. The maximum atomic E-state index is 11.4. The van der Waals surface area contributed by atoms with E-state index in [1.807, 2.05) is 48.5 Å². The number of hydrogen-bond acceptors (Lipinski definition) is 2. The van der Waals surface area contributed by atoms with Gasteiger partial charge in [0, 0.05) is 16.0 Å². The van der Waals surface area contributed by atoms with Gasteiger partial charge in [-0.05, 0) is 30.2 Å². The molecule has 0 aromatic heterocycles. The molecule has 0 saturated heterocycles. The Kier molecular flexibility index (Phi) is 6.66. The number of halogens is 1. The number of rotatable bonds is 8. The minimum atomic E-state index is -0.821. The first-order valence-corrected chi connectivity index (χ1v) is 8.60. The van der Waals surface area contributed by atoms with Crippen LogP contribution >= 0.6 is 15.9 Å². The van der Waals surface area contributed by atoms with Crippen LogP contribution in [-0.2, 0) is 4.79 Å². The van der Waals surface area contributed by atoms with E-state index in [1.165, 1.54) is 0 Å². The molecule has 0 spiro atoms. The van der Waals surface area contributed by atoms with Crippen LogP contribution in [-0.4, -0.2) is 17.7 Å². The molecule has 1 unspecified atom stereocenters. The number of benzene rings is 2. The van der Waals surface area contributed by atoms with Crippen LogP contribution in [0.1, 0.15) is 43.2 Å². The molecule has 2 aromatic carbocycles. The predicted octanol–water partition coefficient (Wildman–Crippen LogP) is 5.23. The van der Waals surface area contributed by atoms with Crippen LogP contribution in [0, 0.1) is 0 Å². The van der Waals surface area contributed by atoms with Gasteiger partial charge in [-0.2, -0.15) is 0 Å². The first-order valence-electron chi connectivity index (χ1n) is 7.80. The Morgan fingerprint density at radius 1 is 1.22 bits per heavy atom. The van der Waals surface area contributed by atoms with Gasteiger partial charge in [0.1, 0.15) is 5.75 Å². The Morgan fingerprint density at radius 2 is 1.96 bits per heavy atom. The van der Waals surface area contributed by atoms with Crippen molar-refractivity contribution in [3.63, 3.8) is 0 Å². The zero-order chi connectivity index (χ0) is 16.7. The van der Waals surface area contributed by atoms with E-state index < -0.39 is 5.97 Å². The summed E-state index contributed by atoms with van der Waals surface area (Å²) < 4.78 is 6.82. The second-order valence-corrected chi connectivity index (χ2v) is 6.36. The maximum absolute atomic E-state index is 11.4. The molecular formula is C19H21BrO3. The van der Waals surface area contributed by atoms with Crippen molar-refractivity contribution in [1.29, 1.82) is 0 Å². The average Bonchev–Trinajstić information content (AvgIpc) is 2.55. The fourth-order valence-electron chi connectivity index (χ4n) is 2.52. The minimum absolute atomic E-state index is 0.0323. The highest BCUT2D eigenvalue weighted by molar-refractivity contribution is 9.10. The molecule has 0 saturated carbocycles. The molecule has 0 amide bonds. The van der Waals surface area contributed by atoms with Gasteiger partial charge >= 0.3 is 5.97 Å². The summed E-state index contributed by atoms with van der Waals surface area (Å²) in [5.74, 6) is -0.294. The minimum Gasteiger partial charge on any atom is -0.493 e. The molecule has 2 rings (SSSR count). The van der Waals surface area contributed by atoms with Crippen molar-refractivity contribution in [2.24, 2.45) is 0 Å². The number of carbonyl (C=O) groups is 1. The van der Waals surface area contributed by atoms with Gasteiger partial charge < -0.3 is 9.84 Å². The Bertz CT molecular complexity index is 640. The van der Waals surface area contributed by atoms with Gasteiger partial charge in [0.25, 0.3) is 0 Å². The molecule has 0 aliphatic heterocycles. The number of aliphatic carboxylic acids is 1. The smallest absolute Gasteiger partial charge is 0.304 e. The molecule has 0 heterocycles. The van der Waals surface area contributed by atoms with E-state index in [2.05, 4.69) is 22.9 Å². The van der Waals surface area contributed by atoms with Crippen molar-refractivity contribution in [3.8, 4) is 5.75 Å². The third-order valence-electron chi connectivity index (χ3n) is 3.68. The second kappa shape index (κ2) is 8.73. The van der Waals surface area contributed by atoms with E-state index in [-0.39, 0.29) is 12.3 Å². The average molecular weight is 377 g/mol. The van der Waals surface area contributed by atoms with Crippen LogP contribution in [0.25, 0.3) is 0 Å². The summed E-state index contributed by atoms with van der Waals surface area (Å²) in [4.78, 5) is 11.4. The van der Waals surface area contributed by atoms with E-state index >= 15 is 0 Å². The fraction of sp³-hybridized carbons (Fsp3) is 0.316. The molecule has 1 N–H and O–H groups in total. The van der Waals surface area contributed by atoms with Crippen LogP contribution in [0.15, 0.2) is 53.0 Å². The Labute approximate surface area is 145 Å². The lowest BCUT2D eigenvalue weighted by Crippen LogP contribution is -2.10. The van der Waals surface area contributed by atoms with Gasteiger partial charge in [-0.3, -0.25) is 4.79 Å². The van der Waals surface area contributed by atoms with Crippen molar-refractivity contribution in [3.05, 3.63) is 64.1 Å². The first kappa shape index (κ1) is 17.5. The quantitative estimate of drug-likeness (QED) is 0.641. The fourth-order valence-corrected chi connectivity index (χ4v) is 2.90. The molecule has 4 heteroatoms. The van der Waals surface area contributed by atoms with Crippen molar-refractivity contribution < 1.29 is 14.6 Å². The number of carboxylic acids is 1. The third kappa shape index (κ3) is 5.10. The predicted molar refractivity (Wildman–Crippen MR) is 95.1 cm³/mol. The van der Waals surface area contributed by atoms with Gasteiger partial charge in [0.15, 0.2) is 0 Å². The second-order valence-electron chi connectivity index (χ2n) is 5.45. The highest BCUT2D eigenvalue weighted by atomic mass is 79.9. The zero-order valence-corrected chi connectivity index (χ0v) is 14.8. The van der Waals surface area contributed by atoms with Crippen molar-refractivity contribution in [2.75, 3.05) is 6.61 Å². The number of hydrogen-bond donors (Lipinski definition) is 1. The highest BCUT2D eigenvalue weighted by Gasteiger charge is 2.22. The molecule has 0 aliphatic carbocycles. The molecule has 0 aliphatic rings. The molecule has 2 aromatic rings. The topological polar surface area (TPSA) is 46.5 Å². The Balaban J connectivity index is 2.40. The van der Waals surface area contributed by atoms with Crippen LogP contribution < -0.4 is 4.74 Å². The van der Waals surface area contributed by atoms with Crippen LogP contribution in [0.4, 0.5) is 0 Å². The first-order chi connectivity index (χ1) is 11.1. The molecule has 23 heavy (non-hydrogen) atoms. The molecule has 122 valence electrons. The normalized spacial score (nSPS) is 11.9. The molecule has 0 fully saturated rings. The summed E-state index contributed by atoms with van der Waals surface area (Å²) in [6.45, 7) is 2.75. The van der Waals surface area contributed by atoms with E-state index in [9.17, 15) is 9.90 Å². The zero-order valence-electron chi connectivity index (χ0n) is 13.2. The SMILES string of the molecule is CCCCOc1ccc(Br)cc1C(CC(=O)O)c1ccccc1. The monoisotopic (exact) mass is 376 g/mol. The molecule has 3 nitrogen and oxygen atoms in total. The molecular weight excluding hydrogens is 356 g/mol. The Hall–Kier alpha value is -1.81. The maximum Gasteiger partial charge on any atom is 0.304 e. The summed E-state index contributed by atoms with van der Waals surface area (Å²) in [6.07, 6.45) is 2.07. The summed E-state index contributed by atoms with van der Waals surface area (Å²) in [7, 11) is 0. The summed E-state index contributed by atoms with van der Waals surface area (Å²) in [5, 5.41) is 9.33. The van der Waals surface area contributed by atoms with Crippen LogP contribution in [0.2, 0.25) is 0 Å². The summed E-state index contributed by atoms with van der Waals surface area (Å²) in [5.41, 5.74) is 1.89. The van der Waals surface area contributed by atoms with Crippen LogP contribution in [0.5, 0.6) is 5.75 Å². The molecule has 0 bridgehead atoms. The summed E-state index contributed by atoms with van der Waals surface area (Å²) in [6, 6.07) is 15.5. The lowest BCUT2D eigenvalue weighted by atomic mass is 9.88. The molecule has 0 radical (unpaired) electrons. The van der Waals surface area contributed by atoms with Crippen molar-refractivity contribution >= 4 is 21.9 Å². The van der Waals surface area contributed by atoms with Gasteiger partial charge in [-0.25, -0.2) is 0 Å². The Morgan fingerprint density at radius 3 is 2.61 bits per heavy atom. The van der Waals surface area contributed by atoms with E-state index in [4.69, 9.17) is 4.74 Å². The van der Waals surface area contributed by atoms with Crippen molar-refractivity contribution in [2.45, 2.75) is 32.1 Å². The number of unbranched alkanes of at least 4 members (excludes halogenated alkanes) is 1. The number of ether oxygens (including phenoxy) is 1. The standard InChI is InChI=1S/C19H21BrO3/c1-2-3-11-23-18-10-9-15(20)12-17(18)16(13-19(21)22)14-7-5-4-6-8-14/h4-10,12,16H,2-3,11,13H2,1H3,(H,21,22). The lowest BCUT2D eigenvalue weighted by Gasteiger charge is -2.20. The van der Waals surface area contributed by atoms with Crippen molar-refractivity contribution in [1.82, 2.24) is 0 Å². The van der Waals surface area contributed by atoms with E-state index in [0.717, 1.165) is 34.2 Å².